The van der Waals surface area contributed by atoms with E-state index in [0.717, 1.165) is 64.7 Å². The van der Waals surface area contributed by atoms with Crippen LogP contribution < -0.4 is 21.3 Å². The van der Waals surface area contributed by atoms with E-state index in [0.29, 0.717) is 12.8 Å². The lowest BCUT2D eigenvalue weighted by molar-refractivity contribution is -0.150. The van der Waals surface area contributed by atoms with Crippen LogP contribution in [-0.4, -0.2) is 82.7 Å². The number of hydrogen-bond acceptors (Lipinski definition) is 8. The fourth-order valence-corrected chi connectivity index (χ4v) is 5.31. The van der Waals surface area contributed by atoms with Gasteiger partial charge in [0.05, 0.1) is 0 Å². The van der Waals surface area contributed by atoms with Crippen LogP contribution in [0.5, 0.6) is 0 Å². The number of imide groups is 4. The number of nitrogens with zero attached hydrogens (tertiary/aromatic N) is 2. The van der Waals surface area contributed by atoms with Crippen molar-refractivity contribution in [2.24, 2.45) is 0 Å². The molecule has 4 N–H and O–H groups in total. The first-order chi connectivity index (χ1) is 16.2. The number of barbiturate groups is 2. The van der Waals surface area contributed by atoms with E-state index in [1.807, 2.05) is 9.80 Å². The molecule has 8 amide bonds. The fraction of sp³-hybridized carbons (Fsp3) is 0.727. The Hall–Kier alpha value is -2.86. The third-order valence-electron chi connectivity index (χ3n) is 7.23. The van der Waals surface area contributed by atoms with Crippen molar-refractivity contribution in [3.8, 4) is 0 Å². The zero-order valence-electron chi connectivity index (χ0n) is 19.8. The second kappa shape index (κ2) is 10.6. The van der Waals surface area contributed by atoms with E-state index in [9.17, 15) is 28.8 Å². The van der Waals surface area contributed by atoms with Crippen LogP contribution in [0.1, 0.15) is 65.2 Å². The van der Waals surface area contributed by atoms with Gasteiger partial charge in [0.25, 0.3) is 23.6 Å². The minimum atomic E-state index is -1.20. The maximum Gasteiger partial charge on any atom is 0.328 e. The molecule has 0 bridgehead atoms. The Morgan fingerprint density at radius 3 is 1.03 bits per heavy atom. The van der Waals surface area contributed by atoms with Gasteiger partial charge in [0.15, 0.2) is 11.1 Å². The minimum absolute atomic E-state index is 0.373. The molecule has 188 valence electrons. The summed E-state index contributed by atoms with van der Waals surface area (Å²) >= 11 is 0. The van der Waals surface area contributed by atoms with Crippen molar-refractivity contribution in [1.82, 2.24) is 31.1 Å². The SMILES string of the molecule is CCC1(N2CCCCC2)C(=O)NC(=O)NC1=O.CCC1(N2CCCCC2)C(=O)NC(=O)NC1=O. The largest absolute Gasteiger partial charge is 0.328 e. The van der Waals surface area contributed by atoms with E-state index in [4.69, 9.17) is 0 Å². The Morgan fingerprint density at radius 1 is 0.529 bits per heavy atom. The van der Waals surface area contributed by atoms with Gasteiger partial charge in [-0.1, -0.05) is 26.7 Å². The molecule has 0 aromatic heterocycles. The van der Waals surface area contributed by atoms with Crippen LogP contribution in [0.4, 0.5) is 9.59 Å². The van der Waals surface area contributed by atoms with Crippen molar-refractivity contribution in [2.45, 2.75) is 76.3 Å². The number of carbonyl (C=O) groups excluding carboxylic acids is 6. The molecule has 0 atom stereocenters. The van der Waals surface area contributed by atoms with E-state index in [1.54, 1.807) is 13.8 Å². The lowest BCUT2D eigenvalue weighted by Crippen LogP contribution is -2.73. The van der Waals surface area contributed by atoms with E-state index in [1.165, 1.54) is 0 Å². The molecule has 4 aliphatic heterocycles. The number of rotatable bonds is 4. The molecule has 4 saturated heterocycles. The standard InChI is InChI=1S/2C11H17N3O3/c2*1-2-11(14-6-4-3-5-7-14)8(15)12-10(17)13-9(11)16/h2*2-7H2,1H3,(H2,12,13,15,16,17). The summed E-state index contributed by atoms with van der Waals surface area (Å²) in [7, 11) is 0. The zero-order valence-corrected chi connectivity index (χ0v) is 19.8. The molecule has 12 heteroatoms. The summed E-state index contributed by atoms with van der Waals surface area (Å²) in [6.45, 7) is 6.49. The lowest BCUT2D eigenvalue weighted by Gasteiger charge is -2.43. The number of likely N-dealkylation sites (tertiary alicyclic amines) is 2. The van der Waals surface area contributed by atoms with Crippen molar-refractivity contribution < 1.29 is 28.8 Å². The molecule has 0 aromatic carbocycles. The molecule has 0 aromatic rings. The van der Waals surface area contributed by atoms with Crippen LogP contribution in [0.3, 0.4) is 0 Å². The molecule has 4 fully saturated rings. The first-order valence-corrected chi connectivity index (χ1v) is 12.1. The zero-order chi connectivity index (χ0) is 24.9. The Bertz CT molecular complexity index is 752. The lowest BCUT2D eigenvalue weighted by atomic mass is 9.88. The van der Waals surface area contributed by atoms with Crippen molar-refractivity contribution in [3.63, 3.8) is 0 Å². The third kappa shape index (κ3) is 4.56. The molecular weight excluding hydrogens is 444 g/mol. The Morgan fingerprint density at radius 2 is 0.794 bits per heavy atom. The highest BCUT2D eigenvalue weighted by molar-refractivity contribution is 6.23. The van der Waals surface area contributed by atoms with Gasteiger partial charge in [0, 0.05) is 0 Å². The molecule has 4 rings (SSSR count). The number of hydrogen-bond donors (Lipinski definition) is 4. The Balaban J connectivity index is 0.000000191. The molecule has 12 nitrogen and oxygen atoms in total. The van der Waals surface area contributed by atoms with Crippen LogP contribution in [0.15, 0.2) is 0 Å². The maximum atomic E-state index is 12.0. The maximum absolute atomic E-state index is 12.0. The van der Waals surface area contributed by atoms with Crippen LogP contribution in [0.25, 0.3) is 0 Å². The molecule has 0 aliphatic carbocycles. The van der Waals surface area contributed by atoms with Crippen molar-refractivity contribution in [3.05, 3.63) is 0 Å². The number of urea groups is 2. The summed E-state index contributed by atoms with van der Waals surface area (Å²) in [5.41, 5.74) is -2.40. The average Bonchev–Trinajstić information content (AvgIpc) is 2.81. The third-order valence-corrected chi connectivity index (χ3v) is 7.23. The first kappa shape index (κ1) is 25.8. The molecular formula is C22H34N6O6. The van der Waals surface area contributed by atoms with Crippen LogP contribution in [0.2, 0.25) is 0 Å². The quantitative estimate of drug-likeness (QED) is 0.411. The monoisotopic (exact) mass is 478 g/mol. The second-order valence-corrected chi connectivity index (χ2v) is 9.00. The summed E-state index contributed by atoms with van der Waals surface area (Å²) in [4.78, 5) is 74.1. The van der Waals surface area contributed by atoms with Crippen molar-refractivity contribution in [1.29, 1.82) is 0 Å². The predicted octanol–water partition coefficient (Wildman–Crippen LogP) is -0.0258. The second-order valence-electron chi connectivity index (χ2n) is 9.00. The minimum Gasteiger partial charge on any atom is -0.282 e. The number of amides is 8. The van der Waals surface area contributed by atoms with E-state index < -0.39 is 46.8 Å². The van der Waals surface area contributed by atoms with Crippen molar-refractivity contribution in [2.75, 3.05) is 26.2 Å². The van der Waals surface area contributed by atoms with Gasteiger partial charge in [0.1, 0.15) is 0 Å². The molecule has 0 spiro atoms. The topological polar surface area (TPSA) is 157 Å². The molecule has 34 heavy (non-hydrogen) atoms. The fourth-order valence-electron chi connectivity index (χ4n) is 5.31. The summed E-state index contributed by atoms with van der Waals surface area (Å²) in [6, 6.07) is -1.44. The summed E-state index contributed by atoms with van der Waals surface area (Å²) in [5, 5.41) is 8.79. The molecule has 0 unspecified atom stereocenters. The number of carbonyl (C=O) groups is 6. The molecule has 0 saturated carbocycles. The van der Waals surface area contributed by atoms with Crippen LogP contribution in [0, 0.1) is 0 Å². The summed E-state index contributed by atoms with van der Waals surface area (Å²) in [6.07, 6.45) is 6.92. The highest BCUT2D eigenvalue weighted by atomic mass is 16.2. The van der Waals surface area contributed by atoms with E-state index in [2.05, 4.69) is 21.3 Å². The highest BCUT2D eigenvalue weighted by Crippen LogP contribution is 2.28. The average molecular weight is 479 g/mol. The first-order valence-electron chi connectivity index (χ1n) is 12.1. The smallest absolute Gasteiger partial charge is 0.282 e. The van der Waals surface area contributed by atoms with Gasteiger partial charge in [-0.3, -0.25) is 50.2 Å². The van der Waals surface area contributed by atoms with Gasteiger partial charge in [0.2, 0.25) is 0 Å². The normalized spacial score (nSPS) is 25.4. The van der Waals surface area contributed by atoms with Gasteiger partial charge >= 0.3 is 12.1 Å². The molecule has 0 radical (unpaired) electrons. The number of nitrogens with one attached hydrogen (secondary N) is 4. The van der Waals surface area contributed by atoms with Gasteiger partial charge in [-0.05, 0) is 64.7 Å². The predicted molar refractivity (Wildman–Crippen MR) is 120 cm³/mol. The summed E-state index contributed by atoms with van der Waals surface area (Å²) < 4.78 is 0. The Labute approximate surface area is 198 Å². The van der Waals surface area contributed by atoms with Gasteiger partial charge in [-0.15, -0.1) is 0 Å². The van der Waals surface area contributed by atoms with Crippen LogP contribution >= 0.6 is 0 Å². The van der Waals surface area contributed by atoms with Crippen molar-refractivity contribution >= 4 is 35.7 Å². The van der Waals surface area contributed by atoms with Gasteiger partial charge in [-0.2, -0.15) is 0 Å². The highest BCUT2D eigenvalue weighted by Gasteiger charge is 2.54. The van der Waals surface area contributed by atoms with Gasteiger partial charge < -0.3 is 0 Å². The Kier molecular flexibility index (Phi) is 8.03. The van der Waals surface area contributed by atoms with Crippen LogP contribution in [-0.2, 0) is 19.2 Å². The summed E-state index contributed by atoms with van der Waals surface area (Å²) in [5.74, 6) is -1.96. The van der Waals surface area contributed by atoms with E-state index in [-0.39, 0.29) is 0 Å². The molecule has 4 aliphatic rings. The molecule has 4 heterocycles. The van der Waals surface area contributed by atoms with E-state index >= 15 is 0 Å². The van der Waals surface area contributed by atoms with Gasteiger partial charge in [-0.25, -0.2) is 9.59 Å². The number of piperidine rings is 2.